The SMILES string of the molecule is CCC1(O)C(=O)c2c(O)cccc2CC1O. The van der Waals surface area contributed by atoms with E-state index < -0.39 is 17.5 Å². The molecule has 4 heteroatoms. The van der Waals surface area contributed by atoms with Crippen molar-refractivity contribution in [2.45, 2.75) is 31.5 Å². The average Bonchev–Trinajstić information content (AvgIpc) is 2.26. The number of Topliss-reactive ketones (excluding diaryl/α,β-unsaturated/α-hetero) is 1. The van der Waals surface area contributed by atoms with E-state index in [0.29, 0.717) is 5.56 Å². The summed E-state index contributed by atoms with van der Waals surface area (Å²) in [5, 5.41) is 29.5. The zero-order valence-electron chi connectivity index (χ0n) is 8.97. The minimum Gasteiger partial charge on any atom is -0.507 e. The topological polar surface area (TPSA) is 77.8 Å². The lowest BCUT2D eigenvalue weighted by atomic mass is 9.75. The third-order valence-electron chi connectivity index (χ3n) is 3.25. The van der Waals surface area contributed by atoms with Gasteiger partial charge in [-0.05, 0) is 18.1 Å². The normalized spacial score (nSPS) is 28.9. The Morgan fingerprint density at radius 3 is 2.81 bits per heavy atom. The Kier molecular flexibility index (Phi) is 2.48. The first-order valence-electron chi connectivity index (χ1n) is 5.26. The number of carbonyl (C=O) groups is 1. The van der Waals surface area contributed by atoms with E-state index >= 15 is 0 Å². The number of phenolic OH excluding ortho intramolecular Hbond substituents is 1. The van der Waals surface area contributed by atoms with Gasteiger partial charge in [0, 0.05) is 6.42 Å². The Hall–Kier alpha value is -1.39. The summed E-state index contributed by atoms with van der Waals surface area (Å²) in [7, 11) is 0. The van der Waals surface area contributed by atoms with Gasteiger partial charge in [0.05, 0.1) is 11.7 Å². The Balaban J connectivity index is 2.60. The third kappa shape index (κ3) is 1.34. The lowest BCUT2D eigenvalue weighted by molar-refractivity contribution is -0.0560. The number of hydrogen-bond donors (Lipinski definition) is 3. The molecule has 2 rings (SSSR count). The molecule has 86 valence electrons. The third-order valence-corrected chi connectivity index (χ3v) is 3.25. The van der Waals surface area contributed by atoms with Crippen LogP contribution in [0, 0.1) is 0 Å². The first kappa shape index (κ1) is 11.1. The molecule has 1 aliphatic rings. The number of aromatic hydroxyl groups is 1. The molecule has 0 amide bonds. The van der Waals surface area contributed by atoms with Gasteiger partial charge in [-0.15, -0.1) is 0 Å². The lowest BCUT2D eigenvalue weighted by Crippen LogP contribution is -2.53. The second-order valence-electron chi connectivity index (χ2n) is 4.14. The van der Waals surface area contributed by atoms with Crippen LogP contribution in [0.5, 0.6) is 5.75 Å². The van der Waals surface area contributed by atoms with Crippen molar-refractivity contribution in [1.82, 2.24) is 0 Å². The predicted octanol–water partition coefficient (Wildman–Crippen LogP) is 0.633. The fraction of sp³-hybridized carbons (Fsp3) is 0.417. The van der Waals surface area contributed by atoms with Crippen LogP contribution in [-0.2, 0) is 6.42 Å². The summed E-state index contributed by atoms with van der Waals surface area (Å²) in [6, 6.07) is 4.69. The van der Waals surface area contributed by atoms with E-state index in [1.807, 2.05) is 0 Å². The van der Waals surface area contributed by atoms with Crippen LogP contribution in [0.4, 0.5) is 0 Å². The number of ketones is 1. The number of hydrogen-bond acceptors (Lipinski definition) is 4. The maximum absolute atomic E-state index is 12.0. The number of rotatable bonds is 1. The Morgan fingerprint density at radius 1 is 1.50 bits per heavy atom. The molecule has 2 unspecified atom stereocenters. The van der Waals surface area contributed by atoms with Gasteiger partial charge in [0.1, 0.15) is 5.75 Å². The summed E-state index contributed by atoms with van der Waals surface area (Å²) >= 11 is 0. The summed E-state index contributed by atoms with van der Waals surface area (Å²) in [4.78, 5) is 12.0. The standard InChI is InChI=1S/C12H14O4/c1-2-12(16)9(14)6-7-4-3-5-8(13)10(7)11(12)15/h3-5,9,13-14,16H,2,6H2,1H3. The summed E-state index contributed by atoms with van der Waals surface area (Å²) in [5.74, 6) is -0.733. The number of carbonyl (C=O) groups excluding carboxylic acids is 1. The van der Waals surface area contributed by atoms with E-state index in [9.17, 15) is 20.1 Å². The molecule has 0 saturated heterocycles. The van der Waals surface area contributed by atoms with Gasteiger partial charge in [-0.2, -0.15) is 0 Å². The number of phenols is 1. The molecule has 0 spiro atoms. The molecular formula is C12H14O4. The second-order valence-corrected chi connectivity index (χ2v) is 4.14. The van der Waals surface area contributed by atoms with E-state index in [-0.39, 0.29) is 24.2 Å². The molecule has 0 fully saturated rings. The fourth-order valence-electron chi connectivity index (χ4n) is 2.16. The van der Waals surface area contributed by atoms with Gasteiger partial charge in [0.25, 0.3) is 0 Å². The van der Waals surface area contributed by atoms with E-state index in [1.165, 1.54) is 6.07 Å². The fourth-order valence-corrected chi connectivity index (χ4v) is 2.16. The van der Waals surface area contributed by atoms with Crippen LogP contribution in [0.3, 0.4) is 0 Å². The minimum absolute atomic E-state index is 0.126. The quantitative estimate of drug-likeness (QED) is 0.651. The maximum atomic E-state index is 12.0. The Bertz CT molecular complexity index is 441. The van der Waals surface area contributed by atoms with Crippen molar-refractivity contribution >= 4 is 5.78 Å². The van der Waals surface area contributed by atoms with Crippen LogP contribution < -0.4 is 0 Å². The smallest absolute Gasteiger partial charge is 0.201 e. The summed E-state index contributed by atoms with van der Waals surface area (Å²) < 4.78 is 0. The highest BCUT2D eigenvalue weighted by Gasteiger charge is 2.47. The number of aliphatic hydroxyl groups is 2. The van der Waals surface area contributed by atoms with Gasteiger partial charge in [-0.25, -0.2) is 0 Å². The molecule has 0 radical (unpaired) electrons. The van der Waals surface area contributed by atoms with Crippen molar-refractivity contribution in [3.8, 4) is 5.75 Å². The monoisotopic (exact) mass is 222 g/mol. The van der Waals surface area contributed by atoms with Gasteiger partial charge in [0.15, 0.2) is 5.60 Å². The van der Waals surface area contributed by atoms with Crippen molar-refractivity contribution in [1.29, 1.82) is 0 Å². The Morgan fingerprint density at radius 2 is 2.19 bits per heavy atom. The van der Waals surface area contributed by atoms with Crippen LogP contribution >= 0.6 is 0 Å². The molecule has 1 aromatic carbocycles. The number of benzene rings is 1. The highest BCUT2D eigenvalue weighted by molar-refractivity contribution is 6.07. The maximum Gasteiger partial charge on any atom is 0.201 e. The van der Waals surface area contributed by atoms with Crippen molar-refractivity contribution in [3.05, 3.63) is 29.3 Å². The molecule has 16 heavy (non-hydrogen) atoms. The molecule has 1 aliphatic carbocycles. The van der Waals surface area contributed by atoms with Gasteiger partial charge in [0.2, 0.25) is 5.78 Å². The van der Waals surface area contributed by atoms with E-state index in [2.05, 4.69) is 0 Å². The summed E-state index contributed by atoms with van der Waals surface area (Å²) in [6.45, 7) is 1.63. The summed E-state index contributed by atoms with van der Waals surface area (Å²) in [6.07, 6.45) is -0.806. The number of aliphatic hydroxyl groups excluding tert-OH is 1. The van der Waals surface area contributed by atoms with Crippen molar-refractivity contribution in [2.24, 2.45) is 0 Å². The molecule has 0 bridgehead atoms. The van der Waals surface area contributed by atoms with Crippen LogP contribution in [-0.4, -0.2) is 32.8 Å². The van der Waals surface area contributed by atoms with E-state index in [0.717, 1.165) is 0 Å². The van der Waals surface area contributed by atoms with Crippen molar-refractivity contribution in [3.63, 3.8) is 0 Å². The molecule has 0 heterocycles. The molecule has 2 atom stereocenters. The van der Waals surface area contributed by atoms with Crippen LogP contribution in [0.1, 0.15) is 29.3 Å². The summed E-state index contributed by atoms with van der Waals surface area (Å²) in [5.41, 5.74) is -1.06. The number of fused-ring (bicyclic) bond motifs is 1. The van der Waals surface area contributed by atoms with Gasteiger partial charge >= 0.3 is 0 Å². The first-order chi connectivity index (χ1) is 7.50. The second kappa shape index (κ2) is 3.57. The van der Waals surface area contributed by atoms with Gasteiger partial charge < -0.3 is 15.3 Å². The molecular weight excluding hydrogens is 208 g/mol. The molecule has 0 saturated carbocycles. The van der Waals surface area contributed by atoms with Crippen LogP contribution in [0.2, 0.25) is 0 Å². The molecule has 0 aromatic heterocycles. The largest absolute Gasteiger partial charge is 0.507 e. The lowest BCUT2D eigenvalue weighted by Gasteiger charge is -2.35. The van der Waals surface area contributed by atoms with Crippen LogP contribution in [0.25, 0.3) is 0 Å². The van der Waals surface area contributed by atoms with E-state index in [1.54, 1.807) is 19.1 Å². The zero-order chi connectivity index (χ0) is 11.9. The molecule has 4 nitrogen and oxygen atoms in total. The van der Waals surface area contributed by atoms with Crippen LogP contribution in [0.15, 0.2) is 18.2 Å². The molecule has 0 aliphatic heterocycles. The van der Waals surface area contributed by atoms with Crippen molar-refractivity contribution < 1.29 is 20.1 Å². The predicted molar refractivity (Wildman–Crippen MR) is 57.4 cm³/mol. The van der Waals surface area contributed by atoms with Crippen molar-refractivity contribution in [2.75, 3.05) is 0 Å². The first-order valence-corrected chi connectivity index (χ1v) is 5.26. The van der Waals surface area contributed by atoms with Gasteiger partial charge in [-0.3, -0.25) is 4.79 Å². The Labute approximate surface area is 93.2 Å². The molecule has 3 N–H and O–H groups in total. The molecule has 1 aromatic rings. The van der Waals surface area contributed by atoms with Gasteiger partial charge in [-0.1, -0.05) is 19.1 Å². The minimum atomic E-state index is -1.77. The highest BCUT2D eigenvalue weighted by Crippen LogP contribution is 2.35. The average molecular weight is 222 g/mol. The van der Waals surface area contributed by atoms with E-state index in [4.69, 9.17) is 0 Å². The highest BCUT2D eigenvalue weighted by atomic mass is 16.3. The zero-order valence-corrected chi connectivity index (χ0v) is 8.97.